The van der Waals surface area contributed by atoms with Crippen molar-refractivity contribution in [1.29, 1.82) is 0 Å². The lowest BCUT2D eigenvalue weighted by Gasteiger charge is -2.27. The third-order valence-corrected chi connectivity index (χ3v) is 8.23. The van der Waals surface area contributed by atoms with Gasteiger partial charge in [-0.15, -0.1) is 0 Å². The molecule has 0 aromatic heterocycles. The maximum atomic E-state index is 13.4. The number of hydrogen-bond donors (Lipinski definition) is 0. The zero-order valence-electron chi connectivity index (χ0n) is 17.1. The molecule has 2 aromatic rings. The van der Waals surface area contributed by atoms with Gasteiger partial charge in [-0.25, -0.2) is 8.42 Å². The maximum Gasteiger partial charge on any atom is 0.258 e. The third kappa shape index (κ3) is 3.76. The van der Waals surface area contributed by atoms with Gasteiger partial charge in [-0.2, -0.15) is 4.31 Å². The first-order valence-corrected chi connectivity index (χ1v) is 12.4. The molecule has 0 spiro atoms. The summed E-state index contributed by atoms with van der Waals surface area (Å²) in [6, 6.07) is 10.5. The molecule has 160 valence electrons. The summed E-state index contributed by atoms with van der Waals surface area (Å²) < 4.78 is 34.4. The predicted octanol–water partition coefficient (Wildman–Crippen LogP) is 4.22. The normalized spacial score (nSPS) is 19.6. The number of fused-ring (bicyclic) bond motifs is 1. The van der Waals surface area contributed by atoms with Crippen LogP contribution in [0.4, 0.5) is 5.69 Å². The number of anilines is 1. The van der Waals surface area contributed by atoms with Gasteiger partial charge in [0.15, 0.2) is 0 Å². The number of carbonyl (C=O) groups is 1. The molecule has 0 aliphatic carbocycles. The minimum Gasteiger partial charge on any atom is -0.495 e. The molecule has 1 saturated heterocycles. The highest BCUT2D eigenvalue weighted by Gasteiger charge is 2.34. The van der Waals surface area contributed by atoms with Crippen LogP contribution < -0.4 is 9.64 Å². The fourth-order valence-electron chi connectivity index (χ4n) is 4.30. The first-order chi connectivity index (χ1) is 14.3. The van der Waals surface area contributed by atoms with Crippen molar-refractivity contribution in [2.24, 2.45) is 0 Å². The van der Waals surface area contributed by atoms with E-state index < -0.39 is 10.0 Å². The van der Waals surface area contributed by atoms with Gasteiger partial charge in [0.25, 0.3) is 5.91 Å². The second kappa shape index (κ2) is 8.32. The van der Waals surface area contributed by atoms with Gasteiger partial charge in [-0.3, -0.25) is 4.79 Å². The van der Waals surface area contributed by atoms with Crippen molar-refractivity contribution < 1.29 is 17.9 Å². The van der Waals surface area contributed by atoms with Crippen LogP contribution in [0.25, 0.3) is 0 Å². The Hall–Kier alpha value is -1.90. The summed E-state index contributed by atoms with van der Waals surface area (Å²) in [6.45, 7) is 2.99. The monoisotopic (exact) mass is 492 g/mol. The molecule has 0 radical (unpaired) electrons. The van der Waals surface area contributed by atoms with Crippen molar-refractivity contribution in [2.45, 2.75) is 43.5 Å². The molecule has 8 heteroatoms. The number of piperidine rings is 1. The number of methoxy groups -OCH3 is 1. The van der Waals surface area contributed by atoms with E-state index in [4.69, 9.17) is 4.74 Å². The smallest absolute Gasteiger partial charge is 0.258 e. The standard InChI is InChI=1S/C22H25BrN2O4S/c1-15-12-17-13-18(23)7-8-19(17)25(15)22(26)16-6-9-20(29-2)21(14-16)30(27,28)24-10-4-3-5-11-24/h6-9,13-15H,3-5,10-12H2,1-2H3/t15-/m1/s1. The van der Waals surface area contributed by atoms with E-state index in [0.717, 1.165) is 41.4 Å². The highest BCUT2D eigenvalue weighted by atomic mass is 79.9. The quantitative estimate of drug-likeness (QED) is 0.640. The lowest BCUT2D eigenvalue weighted by Crippen LogP contribution is -2.37. The molecule has 30 heavy (non-hydrogen) atoms. The van der Waals surface area contributed by atoms with E-state index in [1.165, 1.54) is 17.5 Å². The Balaban J connectivity index is 1.72. The highest BCUT2D eigenvalue weighted by molar-refractivity contribution is 9.10. The van der Waals surface area contributed by atoms with Crippen LogP contribution in [0.5, 0.6) is 5.75 Å². The van der Waals surface area contributed by atoms with Crippen LogP contribution in [0, 0.1) is 0 Å². The summed E-state index contributed by atoms with van der Waals surface area (Å²) in [5, 5.41) is 0. The number of rotatable bonds is 4. The Morgan fingerprint density at radius 1 is 1.10 bits per heavy atom. The molecule has 0 unspecified atom stereocenters. The first-order valence-electron chi connectivity index (χ1n) is 10.1. The van der Waals surface area contributed by atoms with E-state index in [2.05, 4.69) is 15.9 Å². The maximum absolute atomic E-state index is 13.4. The van der Waals surface area contributed by atoms with E-state index in [-0.39, 0.29) is 22.6 Å². The molecule has 1 atom stereocenters. The van der Waals surface area contributed by atoms with E-state index in [0.29, 0.717) is 18.7 Å². The number of nitrogens with zero attached hydrogens (tertiary/aromatic N) is 2. The van der Waals surface area contributed by atoms with Crippen LogP contribution in [0.3, 0.4) is 0 Å². The molecule has 0 N–H and O–H groups in total. The average Bonchev–Trinajstić information content (AvgIpc) is 3.08. The molecule has 2 aliphatic heterocycles. The highest BCUT2D eigenvalue weighted by Crippen LogP contribution is 2.36. The van der Waals surface area contributed by atoms with Crippen molar-refractivity contribution in [3.8, 4) is 5.75 Å². The van der Waals surface area contributed by atoms with Crippen LogP contribution in [0.1, 0.15) is 42.1 Å². The van der Waals surface area contributed by atoms with E-state index in [1.807, 2.05) is 25.1 Å². The third-order valence-electron chi connectivity index (χ3n) is 5.82. The van der Waals surface area contributed by atoms with Crippen LogP contribution in [0.2, 0.25) is 0 Å². The fourth-order valence-corrected chi connectivity index (χ4v) is 6.41. The number of amides is 1. The molecule has 0 saturated carbocycles. The topological polar surface area (TPSA) is 66.9 Å². The Morgan fingerprint density at radius 3 is 2.53 bits per heavy atom. The largest absolute Gasteiger partial charge is 0.495 e. The molecule has 2 aliphatic rings. The van der Waals surface area contributed by atoms with E-state index in [1.54, 1.807) is 17.0 Å². The van der Waals surface area contributed by atoms with Crippen molar-refractivity contribution in [3.63, 3.8) is 0 Å². The molecule has 6 nitrogen and oxygen atoms in total. The van der Waals surface area contributed by atoms with E-state index in [9.17, 15) is 13.2 Å². The molecular formula is C22H25BrN2O4S. The summed E-state index contributed by atoms with van der Waals surface area (Å²) in [5.41, 5.74) is 2.31. The summed E-state index contributed by atoms with van der Waals surface area (Å²) >= 11 is 3.48. The molecule has 1 amide bonds. The molecular weight excluding hydrogens is 468 g/mol. The van der Waals surface area contributed by atoms with Gasteiger partial charge in [0.2, 0.25) is 10.0 Å². The van der Waals surface area contributed by atoms with Gasteiger partial charge in [0.05, 0.1) is 7.11 Å². The van der Waals surface area contributed by atoms with Gasteiger partial charge < -0.3 is 9.64 Å². The van der Waals surface area contributed by atoms with Crippen molar-refractivity contribution in [2.75, 3.05) is 25.1 Å². The van der Waals surface area contributed by atoms with Crippen molar-refractivity contribution in [1.82, 2.24) is 4.31 Å². The minimum absolute atomic E-state index is 0.00828. The Morgan fingerprint density at radius 2 is 1.83 bits per heavy atom. The summed E-state index contributed by atoms with van der Waals surface area (Å²) in [4.78, 5) is 15.2. The summed E-state index contributed by atoms with van der Waals surface area (Å²) in [7, 11) is -2.29. The lowest BCUT2D eigenvalue weighted by molar-refractivity contribution is 0.0981. The Bertz CT molecular complexity index is 1080. The van der Waals surface area contributed by atoms with Crippen LogP contribution in [0.15, 0.2) is 45.8 Å². The molecule has 2 aromatic carbocycles. The molecule has 2 heterocycles. The number of halogens is 1. The van der Waals surface area contributed by atoms with Crippen LogP contribution in [-0.2, 0) is 16.4 Å². The minimum atomic E-state index is -3.73. The second-order valence-electron chi connectivity index (χ2n) is 7.83. The fraction of sp³-hybridized carbons (Fsp3) is 0.409. The first kappa shape index (κ1) is 21.3. The van der Waals surface area contributed by atoms with Crippen LogP contribution in [-0.4, -0.2) is 44.9 Å². The van der Waals surface area contributed by atoms with Crippen molar-refractivity contribution >= 4 is 37.5 Å². The average molecular weight is 493 g/mol. The van der Waals surface area contributed by atoms with Gasteiger partial charge in [-0.1, -0.05) is 22.4 Å². The van der Waals surface area contributed by atoms with Gasteiger partial charge >= 0.3 is 0 Å². The number of hydrogen-bond acceptors (Lipinski definition) is 4. The number of carbonyl (C=O) groups excluding carboxylic acids is 1. The van der Waals surface area contributed by atoms with Gasteiger partial charge in [0, 0.05) is 34.9 Å². The van der Waals surface area contributed by atoms with E-state index >= 15 is 0 Å². The zero-order valence-corrected chi connectivity index (χ0v) is 19.5. The lowest BCUT2D eigenvalue weighted by atomic mass is 10.1. The predicted molar refractivity (Wildman–Crippen MR) is 120 cm³/mol. The SMILES string of the molecule is COc1ccc(C(=O)N2c3ccc(Br)cc3C[C@H]2C)cc1S(=O)(=O)N1CCCCC1. The molecule has 0 bridgehead atoms. The summed E-state index contributed by atoms with van der Waals surface area (Å²) in [6.07, 6.45) is 3.48. The number of benzene rings is 2. The Kier molecular flexibility index (Phi) is 5.92. The van der Waals surface area contributed by atoms with Crippen LogP contribution >= 0.6 is 15.9 Å². The van der Waals surface area contributed by atoms with Gasteiger partial charge in [0.1, 0.15) is 10.6 Å². The molecule has 1 fully saturated rings. The van der Waals surface area contributed by atoms with Crippen molar-refractivity contribution in [3.05, 3.63) is 52.0 Å². The van der Waals surface area contributed by atoms with Gasteiger partial charge in [-0.05, 0) is 68.1 Å². The molecule has 4 rings (SSSR count). The number of sulfonamides is 1. The summed E-state index contributed by atoms with van der Waals surface area (Å²) in [5.74, 6) is 0.0530. The number of ether oxygens (including phenoxy) is 1. The Labute approximate surface area is 186 Å². The zero-order chi connectivity index (χ0) is 21.5. The second-order valence-corrected chi connectivity index (χ2v) is 10.7.